The Kier molecular flexibility index (Phi) is 7.42. The van der Waals surface area contributed by atoms with Crippen molar-refractivity contribution in [3.05, 3.63) is 78.3 Å². The number of ether oxygens (including phenoxy) is 3. The van der Waals surface area contributed by atoms with Crippen molar-refractivity contribution >= 4 is 5.91 Å². The molecule has 0 aliphatic carbocycles. The van der Waals surface area contributed by atoms with Gasteiger partial charge in [-0.3, -0.25) is 9.69 Å². The summed E-state index contributed by atoms with van der Waals surface area (Å²) in [5.74, 6) is 3.59. The normalized spacial score (nSPS) is 15.2. The van der Waals surface area contributed by atoms with E-state index in [1.54, 1.807) is 12.1 Å². The highest BCUT2D eigenvalue weighted by Gasteiger charge is 2.25. The molecule has 168 valence electrons. The van der Waals surface area contributed by atoms with Gasteiger partial charge in [0.15, 0.2) is 6.61 Å². The number of carbonyl (C=O) groups excluding carboxylic acids is 1. The van der Waals surface area contributed by atoms with Gasteiger partial charge in [0.2, 0.25) is 0 Å². The molecular formula is C25H28N2O5. The van der Waals surface area contributed by atoms with E-state index in [-0.39, 0.29) is 18.6 Å². The summed E-state index contributed by atoms with van der Waals surface area (Å²) in [6.07, 6.45) is 0. The fourth-order valence-corrected chi connectivity index (χ4v) is 3.57. The molecule has 1 aromatic heterocycles. The zero-order valence-electron chi connectivity index (χ0n) is 18.2. The fraction of sp³-hybridized carbons (Fsp3) is 0.320. The van der Waals surface area contributed by atoms with E-state index in [0.29, 0.717) is 31.3 Å². The number of para-hydroxylation sites is 1. The third kappa shape index (κ3) is 6.12. The topological polar surface area (TPSA) is 73.2 Å². The molecule has 1 atom stereocenters. The van der Waals surface area contributed by atoms with Crippen molar-refractivity contribution in [2.45, 2.75) is 13.0 Å². The molecule has 7 nitrogen and oxygen atoms in total. The number of furan rings is 1. The highest BCUT2D eigenvalue weighted by Crippen LogP contribution is 2.24. The number of aryl methyl sites for hydroxylation is 1. The van der Waals surface area contributed by atoms with E-state index >= 15 is 0 Å². The third-order valence-electron chi connectivity index (χ3n) is 5.24. The molecule has 1 aliphatic rings. The second kappa shape index (κ2) is 10.8. The van der Waals surface area contributed by atoms with Crippen molar-refractivity contribution in [1.29, 1.82) is 0 Å². The van der Waals surface area contributed by atoms with Gasteiger partial charge in [0, 0.05) is 19.6 Å². The molecule has 32 heavy (non-hydrogen) atoms. The minimum Gasteiger partial charge on any atom is -0.484 e. The number of nitrogens with one attached hydrogen (secondary N) is 1. The number of nitrogens with zero attached hydrogens (tertiary/aromatic N) is 1. The quantitative estimate of drug-likeness (QED) is 0.548. The van der Waals surface area contributed by atoms with Crippen LogP contribution in [0.3, 0.4) is 0 Å². The average molecular weight is 437 g/mol. The summed E-state index contributed by atoms with van der Waals surface area (Å²) in [6.45, 7) is 5.25. The van der Waals surface area contributed by atoms with Gasteiger partial charge in [-0.1, -0.05) is 18.2 Å². The molecule has 1 aliphatic heterocycles. The van der Waals surface area contributed by atoms with Crippen LogP contribution in [0.15, 0.2) is 71.1 Å². The highest BCUT2D eigenvalue weighted by molar-refractivity contribution is 5.77. The molecule has 0 saturated carbocycles. The predicted octanol–water partition coefficient (Wildman–Crippen LogP) is 3.95. The summed E-state index contributed by atoms with van der Waals surface area (Å²) < 4.78 is 22.7. The molecule has 1 unspecified atom stereocenters. The summed E-state index contributed by atoms with van der Waals surface area (Å²) in [7, 11) is 0. The summed E-state index contributed by atoms with van der Waals surface area (Å²) >= 11 is 0. The lowest BCUT2D eigenvalue weighted by atomic mass is 10.1. The van der Waals surface area contributed by atoms with E-state index < -0.39 is 0 Å². The maximum Gasteiger partial charge on any atom is 0.258 e. The average Bonchev–Trinajstić information content (AvgIpc) is 3.26. The van der Waals surface area contributed by atoms with E-state index in [0.717, 1.165) is 30.4 Å². The van der Waals surface area contributed by atoms with Gasteiger partial charge in [0.1, 0.15) is 28.8 Å². The second-order valence-corrected chi connectivity index (χ2v) is 7.59. The first-order chi connectivity index (χ1) is 15.7. The van der Waals surface area contributed by atoms with Gasteiger partial charge in [0.05, 0.1) is 19.3 Å². The van der Waals surface area contributed by atoms with Crippen molar-refractivity contribution in [2.24, 2.45) is 0 Å². The zero-order chi connectivity index (χ0) is 22.2. The largest absolute Gasteiger partial charge is 0.484 e. The van der Waals surface area contributed by atoms with E-state index in [1.165, 1.54) is 0 Å². The standard InChI is InChI=1S/C25H28N2O5/c1-19-7-12-24(31-19)23(27-13-15-29-16-14-27)17-26-25(28)18-30-20-8-10-22(11-9-20)32-21-5-3-2-4-6-21/h2-12,23H,13-18H2,1H3,(H,26,28). The molecule has 1 N–H and O–H groups in total. The monoisotopic (exact) mass is 436 g/mol. The summed E-state index contributed by atoms with van der Waals surface area (Å²) in [5.41, 5.74) is 0. The minimum atomic E-state index is -0.184. The number of hydrogen-bond acceptors (Lipinski definition) is 6. The summed E-state index contributed by atoms with van der Waals surface area (Å²) in [5, 5.41) is 2.97. The van der Waals surface area contributed by atoms with Crippen LogP contribution < -0.4 is 14.8 Å². The lowest BCUT2D eigenvalue weighted by Crippen LogP contribution is -2.44. The van der Waals surface area contributed by atoms with Crippen LogP contribution in [0.2, 0.25) is 0 Å². The number of carbonyl (C=O) groups is 1. The maximum absolute atomic E-state index is 12.4. The van der Waals surface area contributed by atoms with E-state index in [2.05, 4.69) is 10.2 Å². The molecule has 0 spiro atoms. The molecule has 3 aromatic rings. The summed E-state index contributed by atoms with van der Waals surface area (Å²) in [4.78, 5) is 14.7. The molecule has 4 rings (SSSR count). The SMILES string of the molecule is Cc1ccc(C(CNC(=O)COc2ccc(Oc3ccccc3)cc2)N2CCOCC2)o1. The van der Waals surface area contributed by atoms with E-state index in [4.69, 9.17) is 18.6 Å². The van der Waals surface area contributed by atoms with Gasteiger partial charge in [-0.2, -0.15) is 0 Å². The zero-order valence-corrected chi connectivity index (χ0v) is 18.2. The van der Waals surface area contributed by atoms with Crippen LogP contribution in [0, 0.1) is 6.92 Å². The Balaban J connectivity index is 1.27. The van der Waals surface area contributed by atoms with Crippen molar-refractivity contribution < 1.29 is 23.4 Å². The molecule has 1 fully saturated rings. The van der Waals surface area contributed by atoms with Gasteiger partial charge in [-0.05, 0) is 55.5 Å². The number of rotatable bonds is 9. The van der Waals surface area contributed by atoms with Crippen molar-refractivity contribution in [3.63, 3.8) is 0 Å². The van der Waals surface area contributed by atoms with Crippen LogP contribution in [0.4, 0.5) is 0 Å². The van der Waals surface area contributed by atoms with Crippen LogP contribution in [0.25, 0.3) is 0 Å². The lowest BCUT2D eigenvalue weighted by Gasteiger charge is -2.33. The van der Waals surface area contributed by atoms with Gasteiger partial charge in [0.25, 0.3) is 5.91 Å². The number of hydrogen-bond donors (Lipinski definition) is 1. The smallest absolute Gasteiger partial charge is 0.258 e. The van der Waals surface area contributed by atoms with Crippen LogP contribution >= 0.6 is 0 Å². The van der Waals surface area contributed by atoms with Crippen LogP contribution in [-0.2, 0) is 9.53 Å². The Labute approximate surface area is 187 Å². The number of amides is 1. The van der Waals surface area contributed by atoms with Crippen LogP contribution in [-0.4, -0.2) is 50.3 Å². The maximum atomic E-state index is 12.4. The Morgan fingerprint density at radius 1 is 0.969 bits per heavy atom. The van der Waals surface area contributed by atoms with Crippen molar-refractivity contribution in [2.75, 3.05) is 39.5 Å². The van der Waals surface area contributed by atoms with Crippen LogP contribution in [0.5, 0.6) is 17.2 Å². The molecule has 0 bridgehead atoms. The van der Waals surface area contributed by atoms with E-state index in [1.807, 2.05) is 61.5 Å². The fourth-order valence-electron chi connectivity index (χ4n) is 3.57. The first-order valence-electron chi connectivity index (χ1n) is 10.8. The van der Waals surface area contributed by atoms with Crippen LogP contribution in [0.1, 0.15) is 17.6 Å². The van der Waals surface area contributed by atoms with Gasteiger partial charge in [-0.15, -0.1) is 0 Å². The molecular weight excluding hydrogens is 408 g/mol. The minimum absolute atomic E-state index is 0.0361. The Morgan fingerprint density at radius 2 is 1.66 bits per heavy atom. The predicted molar refractivity (Wildman–Crippen MR) is 120 cm³/mol. The first-order valence-corrected chi connectivity index (χ1v) is 10.8. The van der Waals surface area contributed by atoms with Gasteiger partial charge in [-0.25, -0.2) is 0 Å². The Bertz CT molecular complexity index is 981. The molecule has 7 heteroatoms. The molecule has 2 heterocycles. The van der Waals surface area contributed by atoms with Crippen molar-refractivity contribution in [3.8, 4) is 17.2 Å². The molecule has 2 aromatic carbocycles. The second-order valence-electron chi connectivity index (χ2n) is 7.59. The Hall–Kier alpha value is -3.29. The lowest BCUT2D eigenvalue weighted by molar-refractivity contribution is -0.123. The van der Waals surface area contributed by atoms with Gasteiger partial charge >= 0.3 is 0 Å². The number of morpholine rings is 1. The molecule has 1 saturated heterocycles. The first kappa shape index (κ1) is 21.9. The molecule has 1 amide bonds. The molecule has 0 radical (unpaired) electrons. The third-order valence-corrected chi connectivity index (χ3v) is 5.24. The van der Waals surface area contributed by atoms with E-state index in [9.17, 15) is 4.79 Å². The van der Waals surface area contributed by atoms with Gasteiger partial charge < -0.3 is 23.9 Å². The van der Waals surface area contributed by atoms with Crippen molar-refractivity contribution in [1.82, 2.24) is 10.2 Å². The summed E-state index contributed by atoms with van der Waals surface area (Å²) in [6, 6.07) is 20.6. The Morgan fingerprint density at radius 3 is 2.34 bits per heavy atom. The highest BCUT2D eigenvalue weighted by atomic mass is 16.5. The number of benzene rings is 2.